The molecule has 1 N–H and O–H groups in total. The fourth-order valence-electron chi connectivity index (χ4n) is 3.86. The van der Waals surface area contributed by atoms with Gasteiger partial charge in [0, 0.05) is 23.4 Å². The zero-order chi connectivity index (χ0) is 17.4. The number of aromatic nitrogens is 3. The SMILES string of the molecule is Cc1ccc(-c2c(C)nn3c(NC4CCCCC4)cc(C)nc23)cc1. The quantitative estimate of drug-likeness (QED) is 0.727. The Bertz CT molecular complexity index is 886. The van der Waals surface area contributed by atoms with Gasteiger partial charge in [-0.2, -0.15) is 9.61 Å². The molecular weight excluding hydrogens is 308 g/mol. The zero-order valence-electron chi connectivity index (χ0n) is 15.3. The second-order valence-corrected chi connectivity index (χ2v) is 7.32. The summed E-state index contributed by atoms with van der Waals surface area (Å²) in [5.41, 5.74) is 6.57. The lowest BCUT2D eigenvalue weighted by Crippen LogP contribution is -2.24. The van der Waals surface area contributed by atoms with Crippen LogP contribution in [0.5, 0.6) is 0 Å². The lowest BCUT2D eigenvalue weighted by Gasteiger charge is -2.24. The molecule has 0 saturated heterocycles. The topological polar surface area (TPSA) is 42.2 Å². The average molecular weight is 334 g/mol. The summed E-state index contributed by atoms with van der Waals surface area (Å²) in [6.45, 7) is 6.25. The first kappa shape index (κ1) is 16.1. The summed E-state index contributed by atoms with van der Waals surface area (Å²) in [5.74, 6) is 1.07. The van der Waals surface area contributed by atoms with Crippen molar-refractivity contribution in [2.24, 2.45) is 0 Å². The Morgan fingerprint density at radius 2 is 1.72 bits per heavy atom. The Hall–Kier alpha value is -2.36. The zero-order valence-corrected chi connectivity index (χ0v) is 15.3. The molecule has 130 valence electrons. The van der Waals surface area contributed by atoms with Gasteiger partial charge in [0.05, 0.1) is 5.69 Å². The van der Waals surface area contributed by atoms with E-state index in [-0.39, 0.29) is 0 Å². The molecule has 4 heteroatoms. The van der Waals surface area contributed by atoms with Crippen LogP contribution in [-0.2, 0) is 0 Å². The second kappa shape index (κ2) is 6.51. The Kier molecular flexibility index (Phi) is 4.20. The van der Waals surface area contributed by atoms with Crippen LogP contribution >= 0.6 is 0 Å². The molecule has 2 aromatic heterocycles. The maximum atomic E-state index is 4.81. The minimum absolute atomic E-state index is 0.547. The number of hydrogen-bond acceptors (Lipinski definition) is 3. The smallest absolute Gasteiger partial charge is 0.165 e. The van der Waals surface area contributed by atoms with Crippen molar-refractivity contribution in [2.75, 3.05) is 5.32 Å². The normalized spacial score (nSPS) is 15.6. The maximum absolute atomic E-state index is 4.81. The summed E-state index contributed by atoms with van der Waals surface area (Å²) < 4.78 is 1.99. The van der Waals surface area contributed by atoms with E-state index >= 15 is 0 Å². The van der Waals surface area contributed by atoms with Crippen molar-refractivity contribution in [3.63, 3.8) is 0 Å². The van der Waals surface area contributed by atoms with Gasteiger partial charge >= 0.3 is 0 Å². The molecule has 0 amide bonds. The molecule has 1 fully saturated rings. The molecule has 25 heavy (non-hydrogen) atoms. The number of hydrogen-bond donors (Lipinski definition) is 1. The molecule has 4 rings (SSSR count). The predicted molar refractivity (Wildman–Crippen MR) is 103 cm³/mol. The fourth-order valence-corrected chi connectivity index (χ4v) is 3.86. The van der Waals surface area contributed by atoms with Crippen molar-refractivity contribution in [1.29, 1.82) is 0 Å². The number of nitrogens with zero attached hydrogens (tertiary/aromatic N) is 3. The highest BCUT2D eigenvalue weighted by molar-refractivity contribution is 5.81. The van der Waals surface area contributed by atoms with Gasteiger partial charge in [0.15, 0.2) is 5.65 Å². The van der Waals surface area contributed by atoms with Crippen LogP contribution in [-0.4, -0.2) is 20.6 Å². The maximum Gasteiger partial charge on any atom is 0.165 e. The van der Waals surface area contributed by atoms with Crippen LogP contribution in [0.15, 0.2) is 30.3 Å². The van der Waals surface area contributed by atoms with Crippen LogP contribution in [0.25, 0.3) is 16.8 Å². The van der Waals surface area contributed by atoms with Gasteiger partial charge in [0.25, 0.3) is 0 Å². The van der Waals surface area contributed by atoms with Gasteiger partial charge in [-0.25, -0.2) is 4.98 Å². The highest BCUT2D eigenvalue weighted by atomic mass is 15.3. The summed E-state index contributed by atoms with van der Waals surface area (Å²) in [5, 5.41) is 8.54. The number of fused-ring (bicyclic) bond motifs is 1. The Morgan fingerprint density at radius 3 is 2.44 bits per heavy atom. The molecule has 0 aliphatic heterocycles. The number of rotatable bonds is 3. The molecule has 1 aliphatic rings. The molecule has 1 saturated carbocycles. The van der Waals surface area contributed by atoms with Crippen molar-refractivity contribution in [1.82, 2.24) is 14.6 Å². The van der Waals surface area contributed by atoms with Crippen molar-refractivity contribution < 1.29 is 0 Å². The van der Waals surface area contributed by atoms with Gasteiger partial charge in [-0.3, -0.25) is 0 Å². The number of aryl methyl sites for hydroxylation is 3. The molecule has 1 aliphatic carbocycles. The van der Waals surface area contributed by atoms with E-state index in [1.165, 1.54) is 43.2 Å². The van der Waals surface area contributed by atoms with Crippen molar-refractivity contribution in [3.05, 3.63) is 47.3 Å². The van der Waals surface area contributed by atoms with E-state index in [4.69, 9.17) is 10.1 Å². The number of benzene rings is 1. The van der Waals surface area contributed by atoms with E-state index in [1.807, 2.05) is 4.52 Å². The molecule has 0 unspecified atom stereocenters. The Labute approximate surface area is 149 Å². The molecule has 2 heterocycles. The molecule has 1 aromatic carbocycles. The van der Waals surface area contributed by atoms with Crippen LogP contribution < -0.4 is 5.32 Å². The molecule has 0 atom stereocenters. The first-order valence-corrected chi connectivity index (χ1v) is 9.32. The van der Waals surface area contributed by atoms with Gasteiger partial charge in [-0.1, -0.05) is 49.1 Å². The van der Waals surface area contributed by atoms with E-state index in [1.54, 1.807) is 0 Å². The van der Waals surface area contributed by atoms with Gasteiger partial charge in [-0.05, 0) is 39.2 Å². The van der Waals surface area contributed by atoms with Crippen LogP contribution in [0.3, 0.4) is 0 Å². The minimum atomic E-state index is 0.547. The lowest BCUT2D eigenvalue weighted by atomic mass is 9.95. The van der Waals surface area contributed by atoms with Crippen LogP contribution in [0.4, 0.5) is 5.82 Å². The minimum Gasteiger partial charge on any atom is -0.367 e. The highest BCUT2D eigenvalue weighted by Crippen LogP contribution is 2.30. The van der Waals surface area contributed by atoms with Crippen molar-refractivity contribution in [3.8, 4) is 11.1 Å². The molecular formula is C21H26N4. The first-order valence-electron chi connectivity index (χ1n) is 9.32. The molecule has 3 aromatic rings. The summed E-state index contributed by atoms with van der Waals surface area (Å²) in [7, 11) is 0. The van der Waals surface area contributed by atoms with Crippen LogP contribution in [0.1, 0.15) is 49.1 Å². The molecule has 0 spiro atoms. The van der Waals surface area contributed by atoms with Crippen LogP contribution in [0, 0.1) is 20.8 Å². The fraction of sp³-hybridized carbons (Fsp3) is 0.429. The second-order valence-electron chi connectivity index (χ2n) is 7.32. The van der Waals surface area contributed by atoms with E-state index < -0.39 is 0 Å². The van der Waals surface area contributed by atoms with Gasteiger partial charge in [0.2, 0.25) is 0 Å². The summed E-state index contributed by atoms with van der Waals surface area (Å²) in [4.78, 5) is 4.81. The monoisotopic (exact) mass is 334 g/mol. The first-order chi connectivity index (χ1) is 12.1. The predicted octanol–water partition coefficient (Wildman–Crippen LogP) is 5.07. The van der Waals surface area contributed by atoms with Crippen molar-refractivity contribution in [2.45, 2.75) is 58.9 Å². The molecule has 4 nitrogen and oxygen atoms in total. The third-order valence-corrected chi connectivity index (χ3v) is 5.19. The van der Waals surface area contributed by atoms with Gasteiger partial charge in [-0.15, -0.1) is 0 Å². The van der Waals surface area contributed by atoms with E-state index in [0.717, 1.165) is 28.4 Å². The van der Waals surface area contributed by atoms with Crippen LogP contribution in [0.2, 0.25) is 0 Å². The third-order valence-electron chi connectivity index (χ3n) is 5.19. The van der Waals surface area contributed by atoms with E-state index in [2.05, 4.69) is 56.4 Å². The van der Waals surface area contributed by atoms with Gasteiger partial charge in [0.1, 0.15) is 5.82 Å². The number of nitrogens with one attached hydrogen (secondary N) is 1. The standard InChI is InChI=1S/C21H26N4/c1-14-9-11-17(12-10-14)20-16(3)24-25-19(13-15(2)22-21(20)25)23-18-7-5-4-6-8-18/h9-13,18,23H,4-8H2,1-3H3. The summed E-state index contributed by atoms with van der Waals surface area (Å²) >= 11 is 0. The summed E-state index contributed by atoms with van der Waals surface area (Å²) in [6, 6.07) is 11.3. The Balaban J connectivity index is 1.80. The van der Waals surface area contributed by atoms with E-state index in [9.17, 15) is 0 Å². The average Bonchev–Trinajstić information content (AvgIpc) is 2.93. The third kappa shape index (κ3) is 3.13. The number of anilines is 1. The highest BCUT2D eigenvalue weighted by Gasteiger charge is 2.19. The van der Waals surface area contributed by atoms with Gasteiger partial charge < -0.3 is 5.32 Å². The van der Waals surface area contributed by atoms with E-state index in [0.29, 0.717) is 6.04 Å². The molecule has 0 radical (unpaired) electrons. The van der Waals surface area contributed by atoms with Crippen molar-refractivity contribution >= 4 is 11.5 Å². The Morgan fingerprint density at radius 1 is 1.00 bits per heavy atom. The summed E-state index contributed by atoms with van der Waals surface area (Å²) in [6.07, 6.45) is 6.48. The lowest BCUT2D eigenvalue weighted by molar-refractivity contribution is 0.461. The largest absolute Gasteiger partial charge is 0.367 e. The molecule has 0 bridgehead atoms.